The highest BCUT2D eigenvalue weighted by Crippen LogP contribution is 2.15. The molecule has 0 N–H and O–H groups in total. The van der Waals surface area contributed by atoms with Crippen LogP contribution in [0.2, 0.25) is 5.02 Å². The van der Waals surface area contributed by atoms with Crippen LogP contribution in [0.4, 0.5) is 0 Å². The molecule has 0 spiro atoms. The van der Waals surface area contributed by atoms with Gasteiger partial charge in [-0.15, -0.1) is 0 Å². The lowest BCUT2D eigenvalue weighted by molar-refractivity contribution is 1.03. The van der Waals surface area contributed by atoms with E-state index in [1.54, 1.807) is 6.20 Å². The number of benzene rings is 1. The normalized spacial score (nSPS) is 10.6. The summed E-state index contributed by atoms with van der Waals surface area (Å²) in [7, 11) is 0. The number of aromatic nitrogens is 2. The van der Waals surface area contributed by atoms with Crippen molar-refractivity contribution in [2.45, 2.75) is 13.3 Å². The highest BCUT2D eigenvalue weighted by atomic mass is 35.5. The highest BCUT2D eigenvalue weighted by Gasteiger charge is 1.98. The average molecular weight is 193 g/mol. The van der Waals surface area contributed by atoms with Gasteiger partial charge in [-0.05, 0) is 24.6 Å². The molecule has 2 aromatic rings. The van der Waals surface area contributed by atoms with Crippen molar-refractivity contribution in [3.05, 3.63) is 35.1 Å². The molecule has 0 saturated carbocycles. The Morgan fingerprint density at radius 2 is 2.15 bits per heavy atom. The summed E-state index contributed by atoms with van der Waals surface area (Å²) < 4.78 is 0. The number of halogens is 1. The zero-order valence-corrected chi connectivity index (χ0v) is 8.04. The van der Waals surface area contributed by atoms with Crippen molar-refractivity contribution in [2.24, 2.45) is 0 Å². The van der Waals surface area contributed by atoms with Crippen LogP contribution in [0, 0.1) is 0 Å². The van der Waals surface area contributed by atoms with Gasteiger partial charge in [-0.1, -0.05) is 18.5 Å². The fourth-order valence-electron chi connectivity index (χ4n) is 1.19. The van der Waals surface area contributed by atoms with Crippen molar-refractivity contribution in [1.29, 1.82) is 0 Å². The molecule has 0 bridgehead atoms. The van der Waals surface area contributed by atoms with Crippen LogP contribution >= 0.6 is 11.6 Å². The van der Waals surface area contributed by atoms with Gasteiger partial charge in [-0.3, -0.25) is 4.98 Å². The Bertz CT molecular complexity index is 440. The molecule has 0 saturated heterocycles. The van der Waals surface area contributed by atoms with Gasteiger partial charge in [0.2, 0.25) is 0 Å². The SMILES string of the molecule is CCc1cnc2ccc(Cl)cc2n1. The number of fused-ring (bicyclic) bond motifs is 1. The summed E-state index contributed by atoms with van der Waals surface area (Å²) in [5, 5.41) is 0.704. The van der Waals surface area contributed by atoms with Crippen LogP contribution in [0.15, 0.2) is 24.4 Å². The molecule has 3 heteroatoms. The summed E-state index contributed by atoms with van der Waals surface area (Å²) in [6.07, 6.45) is 2.70. The van der Waals surface area contributed by atoms with Crippen LogP contribution in [0.3, 0.4) is 0 Å². The summed E-state index contributed by atoms with van der Waals surface area (Å²) in [6.45, 7) is 2.06. The zero-order chi connectivity index (χ0) is 9.26. The van der Waals surface area contributed by atoms with E-state index in [0.717, 1.165) is 23.1 Å². The number of aryl methyl sites for hydroxylation is 1. The Morgan fingerprint density at radius 1 is 1.31 bits per heavy atom. The molecule has 2 rings (SSSR count). The first-order chi connectivity index (χ1) is 6.29. The molecule has 1 aromatic heterocycles. The van der Waals surface area contributed by atoms with Crippen LogP contribution in [-0.2, 0) is 6.42 Å². The van der Waals surface area contributed by atoms with Crippen molar-refractivity contribution in [3.63, 3.8) is 0 Å². The van der Waals surface area contributed by atoms with Gasteiger partial charge in [-0.2, -0.15) is 0 Å². The third-order valence-corrected chi connectivity index (χ3v) is 2.15. The van der Waals surface area contributed by atoms with E-state index in [4.69, 9.17) is 11.6 Å². The standard InChI is InChI=1S/C10H9ClN2/c1-2-8-6-12-9-4-3-7(11)5-10(9)13-8/h3-6H,2H2,1H3. The lowest BCUT2D eigenvalue weighted by Gasteiger charge is -1.99. The van der Waals surface area contributed by atoms with E-state index in [2.05, 4.69) is 16.9 Å². The number of rotatable bonds is 1. The minimum Gasteiger partial charge on any atom is -0.253 e. The molecule has 0 aliphatic carbocycles. The van der Waals surface area contributed by atoms with Gasteiger partial charge >= 0.3 is 0 Å². The molecule has 2 nitrogen and oxygen atoms in total. The molecule has 0 unspecified atom stereocenters. The molecule has 13 heavy (non-hydrogen) atoms. The Labute approximate surface area is 81.6 Å². The smallest absolute Gasteiger partial charge is 0.0904 e. The topological polar surface area (TPSA) is 25.8 Å². The minimum absolute atomic E-state index is 0.704. The number of hydrogen-bond donors (Lipinski definition) is 0. The van der Waals surface area contributed by atoms with E-state index in [0.29, 0.717) is 5.02 Å². The van der Waals surface area contributed by atoms with E-state index in [9.17, 15) is 0 Å². The summed E-state index contributed by atoms with van der Waals surface area (Å²) >= 11 is 5.85. The van der Waals surface area contributed by atoms with Crippen molar-refractivity contribution < 1.29 is 0 Å². The summed E-state index contributed by atoms with van der Waals surface area (Å²) in [4.78, 5) is 8.68. The zero-order valence-electron chi connectivity index (χ0n) is 7.29. The maximum absolute atomic E-state index is 5.85. The van der Waals surface area contributed by atoms with E-state index in [1.807, 2.05) is 18.2 Å². The van der Waals surface area contributed by atoms with Gasteiger partial charge in [-0.25, -0.2) is 4.98 Å². The molecule has 0 aliphatic rings. The first-order valence-electron chi connectivity index (χ1n) is 4.21. The quantitative estimate of drug-likeness (QED) is 0.695. The van der Waals surface area contributed by atoms with Crippen LogP contribution in [0.1, 0.15) is 12.6 Å². The predicted octanol–water partition coefficient (Wildman–Crippen LogP) is 2.85. The Balaban J connectivity index is 2.68. The Hall–Kier alpha value is -1.15. The second-order valence-corrected chi connectivity index (χ2v) is 3.28. The van der Waals surface area contributed by atoms with Crippen LogP contribution in [0.25, 0.3) is 11.0 Å². The molecular formula is C10H9ClN2. The fourth-order valence-corrected chi connectivity index (χ4v) is 1.36. The van der Waals surface area contributed by atoms with Crippen molar-refractivity contribution in [1.82, 2.24) is 9.97 Å². The van der Waals surface area contributed by atoms with E-state index >= 15 is 0 Å². The van der Waals surface area contributed by atoms with Crippen LogP contribution < -0.4 is 0 Å². The third kappa shape index (κ3) is 1.63. The maximum Gasteiger partial charge on any atom is 0.0904 e. The molecule has 66 valence electrons. The second-order valence-electron chi connectivity index (χ2n) is 2.85. The lowest BCUT2D eigenvalue weighted by Crippen LogP contribution is -1.90. The van der Waals surface area contributed by atoms with Gasteiger partial charge in [0.05, 0.1) is 16.7 Å². The van der Waals surface area contributed by atoms with Gasteiger partial charge in [0.15, 0.2) is 0 Å². The second kappa shape index (κ2) is 3.30. The first-order valence-corrected chi connectivity index (χ1v) is 4.58. The number of hydrogen-bond acceptors (Lipinski definition) is 2. The molecule has 0 fully saturated rings. The molecular weight excluding hydrogens is 184 g/mol. The van der Waals surface area contributed by atoms with Crippen molar-refractivity contribution in [2.75, 3.05) is 0 Å². The first kappa shape index (κ1) is 8.45. The summed E-state index contributed by atoms with van der Waals surface area (Å²) in [6, 6.07) is 5.54. The third-order valence-electron chi connectivity index (χ3n) is 1.92. The molecule has 0 aliphatic heterocycles. The molecule has 1 heterocycles. The van der Waals surface area contributed by atoms with Gasteiger partial charge < -0.3 is 0 Å². The average Bonchev–Trinajstić information content (AvgIpc) is 2.16. The van der Waals surface area contributed by atoms with E-state index < -0.39 is 0 Å². The van der Waals surface area contributed by atoms with Gasteiger partial charge in [0.25, 0.3) is 0 Å². The van der Waals surface area contributed by atoms with Gasteiger partial charge in [0, 0.05) is 11.2 Å². The van der Waals surface area contributed by atoms with Gasteiger partial charge in [0.1, 0.15) is 0 Å². The van der Waals surface area contributed by atoms with Crippen LogP contribution in [-0.4, -0.2) is 9.97 Å². The summed E-state index contributed by atoms with van der Waals surface area (Å²) in [5.41, 5.74) is 2.75. The maximum atomic E-state index is 5.85. The van der Waals surface area contributed by atoms with Crippen molar-refractivity contribution >= 4 is 22.6 Å². The summed E-state index contributed by atoms with van der Waals surface area (Å²) in [5.74, 6) is 0. The molecule has 0 radical (unpaired) electrons. The van der Waals surface area contributed by atoms with Crippen LogP contribution in [0.5, 0.6) is 0 Å². The lowest BCUT2D eigenvalue weighted by atomic mass is 10.3. The molecule has 1 aromatic carbocycles. The van der Waals surface area contributed by atoms with Crippen molar-refractivity contribution in [3.8, 4) is 0 Å². The Kier molecular flexibility index (Phi) is 2.15. The molecule has 0 atom stereocenters. The van der Waals surface area contributed by atoms with E-state index in [-0.39, 0.29) is 0 Å². The largest absolute Gasteiger partial charge is 0.253 e. The fraction of sp³-hybridized carbons (Fsp3) is 0.200. The van der Waals surface area contributed by atoms with E-state index in [1.165, 1.54) is 0 Å². The monoisotopic (exact) mass is 192 g/mol. The Morgan fingerprint density at radius 3 is 2.92 bits per heavy atom. The minimum atomic E-state index is 0.704. The highest BCUT2D eigenvalue weighted by molar-refractivity contribution is 6.31. The predicted molar refractivity (Wildman–Crippen MR) is 53.9 cm³/mol. The number of nitrogens with zero attached hydrogens (tertiary/aromatic N) is 2. The molecule has 0 amide bonds.